The zero-order chi connectivity index (χ0) is 11.8. The number of nitrogens with one attached hydrogen (secondary N) is 2. The Kier molecular flexibility index (Phi) is 6.42. The number of hydrogen-bond donors (Lipinski definition) is 2. The average Bonchev–Trinajstić information content (AvgIpc) is 2.67. The van der Waals surface area contributed by atoms with Gasteiger partial charge in [0.25, 0.3) is 0 Å². The summed E-state index contributed by atoms with van der Waals surface area (Å²) in [6, 6.07) is 0.543. The van der Waals surface area contributed by atoms with Crippen molar-refractivity contribution in [3.8, 4) is 0 Å². The normalized spacial score (nSPS) is 21.2. The molecule has 0 aromatic heterocycles. The van der Waals surface area contributed by atoms with Gasteiger partial charge in [0.05, 0.1) is 6.54 Å². The molecule has 0 spiro atoms. The molecule has 0 saturated carbocycles. The zero-order valence-corrected chi connectivity index (χ0v) is 10.6. The molecule has 1 fully saturated rings. The number of carbonyl (C=O) groups is 1. The highest BCUT2D eigenvalue weighted by molar-refractivity contribution is 5.78. The number of hydrogen-bond acceptors (Lipinski definition) is 3. The van der Waals surface area contributed by atoms with Crippen molar-refractivity contribution in [2.45, 2.75) is 38.6 Å². The van der Waals surface area contributed by atoms with Crippen molar-refractivity contribution in [1.82, 2.24) is 15.5 Å². The number of likely N-dealkylation sites (N-methyl/N-ethyl adjacent to an activating group) is 1. The van der Waals surface area contributed by atoms with Gasteiger partial charge in [0.15, 0.2) is 0 Å². The lowest BCUT2D eigenvalue weighted by molar-refractivity contribution is -0.122. The highest BCUT2D eigenvalue weighted by Gasteiger charge is 2.25. The third-order valence-electron chi connectivity index (χ3n) is 3.14. The van der Waals surface area contributed by atoms with Crippen LogP contribution in [0.2, 0.25) is 0 Å². The number of unbranched alkanes of at least 4 members (excludes halogenated alkanes) is 1. The van der Waals surface area contributed by atoms with E-state index in [1.54, 1.807) is 0 Å². The Labute approximate surface area is 98.8 Å². The molecule has 1 unspecified atom stereocenters. The third-order valence-corrected chi connectivity index (χ3v) is 3.14. The van der Waals surface area contributed by atoms with Gasteiger partial charge in [-0.15, -0.1) is 0 Å². The molecule has 0 bridgehead atoms. The van der Waals surface area contributed by atoms with Crippen molar-refractivity contribution in [1.29, 1.82) is 0 Å². The lowest BCUT2D eigenvalue weighted by Crippen LogP contribution is -2.43. The van der Waals surface area contributed by atoms with Gasteiger partial charge in [-0.2, -0.15) is 0 Å². The highest BCUT2D eigenvalue weighted by atomic mass is 16.2. The Bertz CT molecular complexity index is 208. The van der Waals surface area contributed by atoms with Crippen LogP contribution < -0.4 is 10.6 Å². The zero-order valence-electron chi connectivity index (χ0n) is 10.6. The van der Waals surface area contributed by atoms with E-state index in [1.165, 1.54) is 12.8 Å². The smallest absolute Gasteiger partial charge is 0.234 e. The van der Waals surface area contributed by atoms with Crippen LogP contribution in [0.5, 0.6) is 0 Å². The van der Waals surface area contributed by atoms with E-state index in [9.17, 15) is 4.79 Å². The fourth-order valence-electron chi connectivity index (χ4n) is 2.22. The van der Waals surface area contributed by atoms with Crippen molar-refractivity contribution in [3.05, 3.63) is 0 Å². The van der Waals surface area contributed by atoms with Crippen LogP contribution in [0.3, 0.4) is 0 Å². The van der Waals surface area contributed by atoms with Gasteiger partial charge in [0.2, 0.25) is 5.91 Å². The summed E-state index contributed by atoms with van der Waals surface area (Å²) >= 11 is 0. The Hall–Kier alpha value is -0.610. The topological polar surface area (TPSA) is 44.4 Å². The van der Waals surface area contributed by atoms with E-state index in [-0.39, 0.29) is 5.91 Å². The number of nitrogens with zero attached hydrogens (tertiary/aromatic N) is 1. The molecule has 1 amide bonds. The standard InChI is InChI=1S/C12H25N3O/c1-3-4-7-14-12(16)10-15-8-5-6-11(15)9-13-2/h11,13H,3-10H2,1-2H3,(H,14,16). The second-order valence-corrected chi connectivity index (χ2v) is 4.53. The lowest BCUT2D eigenvalue weighted by Gasteiger charge is -2.23. The molecular formula is C12H25N3O. The summed E-state index contributed by atoms with van der Waals surface area (Å²) in [6.45, 7) is 5.57. The first kappa shape index (κ1) is 13.5. The molecule has 4 nitrogen and oxygen atoms in total. The largest absolute Gasteiger partial charge is 0.355 e. The first-order valence-corrected chi connectivity index (χ1v) is 6.43. The molecule has 0 aromatic carbocycles. The summed E-state index contributed by atoms with van der Waals surface area (Å²) in [5.41, 5.74) is 0. The van der Waals surface area contributed by atoms with Crippen LogP contribution in [-0.2, 0) is 4.79 Å². The van der Waals surface area contributed by atoms with E-state index in [1.807, 2.05) is 7.05 Å². The molecule has 16 heavy (non-hydrogen) atoms. The molecule has 4 heteroatoms. The molecule has 1 aliphatic rings. The van der Waals surface area contributed by atoms with Crippen LogP contribution in [-0.4, -0.2) is 50.1 Å². The van der Waals surface area contributed by atoms with E-state index in [2.05, 4.69) is 22.5 Å². The van der Waals surface area contributed by atoms with Crippen molar-refractivity contribution in [3.63, 3.8) is 0 Å². The quantitative estimate of drug-likeness (QED) is 0.626. The van der Waals surface area contributed by atoms with Crippen LogP contribution in [0.25, 0.3) is 0 Å². The van der Waals surface area contributed by atoms with E-state index in [4.69, 9.17) is 0 Å². The minimum atomic E-state index is 0.177. The van der Waals surface area contributed by atoms with E-state index in [0.717, 1.165) is 32.5 Å². The molecule has 0 radical (unpaired) electrons. The van der Waals surface area contributed by atoms with Gasteiger partial charge in [-0.05, 0) is 32.9 Å². The minimum absolute atomic E-state index is 0.177. The monoisotopic (exact) mass is 227 g/mol. The predicted molar refractivity (Wildman–Crippen MR) is 66.4 cm³/mol. The van der Waals surface area contributed by atoms with Crippen LogP contribution in [0.4, 0.5) is 0 Å². The fraction of sp³-hybridized carbons (Fsp3) is 0.917. The SMILES string of the molecule is CCCCNC(=O)CN1CCCC1CNC. The van der Waals surface area contributed by atoms with Crippen LogP contribution in [0.15, 0.2) is 0 Å². The van der Waals surface area contributed by atoms with Crippen molar-refractivity contribution < 1.29 is 4.79 Å². The summed E-state index contributed by atoms with van der Waals surface area (Å²) in [6.07, 6.45) is 4.63. The molecular weight excluding hydrogens is 202 g/mol. The predicted octanol–water partition coefficient (Wildman–Crippen LogP) is 0.587. The minimum Gasteiger partial charge on any atom is -0.355 e. The Balaban J connectivity index is 2.21. The van der Waals surface area contributed by atoms with Gasteiger partial charge in [0, 0.05) is 19.1 Å². The highest BCUT2D eigenvalue weighted by Crippen LogP contribution is 2.15. The lowest BCUT2D eigenvalue weighted by atomic mass is 10.2. The molecule has 94 valence electrons. The van der Waals surface area contributed by atoms with Gasteiger partial charge < -0.3 is 10.6 Å². The molecule has 2 N–H and O–H groups in total. The maximum Gasteiger partial charge on any atom is 0.234 e. The van der Waals surface area contributed by atoms with Crippen molar-refractivity contribution in [2.75, 3.05) is 33.2 Å². The number of likely N-dealkylation sites (tertiary alicyclic amines) is 1. The number of rotatable bonds is 7. The van der Waals surface area contributed by atoms with E-state index in [0.29, 0.717) is 12.6 Å². The average molecular weight is 227 g/mol. The fourth-order valence-corrected chi connectivity index (χ4v) is 2.22. The Morgan fingerprint density at radius 3 is 3.00 bits per heavy atom. The maximum absolute atomic E-state index is 11.7. The Morgan fingerprint density at radius 2 is 2.31 bits per heavy atom. The van der Waals surface area contributed by atoms with Crippen LogP contribution >= 0.6 is 0 Å². The van der Waals surface area contributed by atoms with Gasteiger partial charge >= 0.3 is 0 Å². The summed E-state index contributed by atoms with van der Waals surface area (Å²) in [7, 11) is 1.97. The number of carbonyl (C=O) groups excluding carboxylic acids is 1. The first-order chi connectivity index (χ1) is 7.77. The van der Waals surface area contributed by atoms with E-state index < -0.39 is 0 Å². The van der Waals surface area contributed by atoms with Gasteiger partial charge in [-0.3, -0.25) is 9.69 Å². The second-order valence-electron chi connectivity index (χ2n) is 4.53. The Morgan fingerprint density at radius 1 is 1.50 bits per heavy atom. The molecule has 1 aliphatic heterocycles. The van der Waals surface area contributed by atoms with Crippen LogP contribution in [0, 0.1) is 0 Å². The molecule has 1 saturated heterocycles. The maximum atomic E-state index is 11.7. The first-order valence-electron chi connectivity index (χ1n) is 6.43. The van der Waals surface area contributed by atoms with Crippen LogP contribution in [0.1, 0.15) is 32.6 Å². The van der Waals surface area contributed by atoms with Crippen molar-refractivity contribution >= 4 is 5.91 Å². The van der Waals surface area contributed by atoms with E-state index >= 15 is 0 Å². The summed E-state index contributed by atoms with van der Waals surface area (Å²) in [4.78, 5) is 13.9. The molecule has 0 aromatic rings. The van der Waals surface area contributed by atoms with Gasteiger partial charge in [-0.1, -0.05) is 13.3 Å². The molecule has 1 rings (SSSR count). The summed E-state index contributed by atoms with van der Waals surface area (Å²) in [5.74, 6) is 0.177. The molecule has 1 heterocycles. The van der Waals surface area contributed by atoms with Crippen molar-refractivity contribution in [2.24, 2.45) is 0 Å². The summed E-state index contributed by atoms with van der Waals surface area (Å²) in [5, 5.41) is 6.16. The molecule has 1 atom stereocenters. The third kappa shape index (κ3) is 4.49. The van der Waals surface area contributed by atoms with Gasteiger partial charge in [-0.25, -0.2) is 0 Å². The second kappa shape index (κ2) is 7.63. The molecule has 0 aliphatic carbocycles. The summed E-state index contributed by atoms with van der Waals surface area (Å²) < 4.78 is 0. The van der Waals surface area contributed by atoms with Gasteiger partial charge in [0.1, 0.15) is 0 Å². The number of amides is 1.